The van der Waals surface area contributed by atoms with Gasteiger partial charge in [-0.15, -0.1) is 0 Å². The van der Waals surface area contributed by atoms with E-state index in [4.69, 9.17) is 20.3 Å². The predicted molar refractivity (Wildman–Crippen MR) is 233 cm³/mol. The van der Waals surface area contributed by atoms with Crippen LogP contribution in [0.2, 0.25) is 0 Å². The smallest absolute Gasteiger partial charge is 0.276 e. The number of anilines is 3. The summed E-state index contributed by atoms with van der Waals surface area (Å²) in [7, 11) is 1.50. The van der Waals surface area contributed by atoms with Gasteiger partial charge in [-0.25, -0.2) is 15.8 Å². The van der Waals surface area contributed by atoms with Crippen molar-refractivity contribution in [1.82, 2.24) is 49.7 Å². The quantitative estimate of drug-likeness (QED) is 0.0195. The third kappa shape index (κ3) is 10.1. The number of allylic oxidation sites excluding steroid dienone is 1. The van der Waals surface area contributed by atoms with Gasteiger partial charge in [-0.3, -0.25) is 44.2 Å². The molecule has 1 fully saturated rings. The summed E-state index contributed by atoms with van der Waals surface area (Å²) in [6, 6.07) is 8.39. The minimum Gasteiger partial charge on any atom is -0.491 e. The monoisotopic (exact) mass is 853 g/mol. The van der Waals surface area contributed by atoms with Gasteiger partial charge in [-0.05, 0) is 71.5 Å². The molecule has 1 unspecified atom stereocenters. The number of aryl methyl sites for hydroxylation is 4. The number of hydrogen-bond acceptors (Lipinski definition) is 15. The molecule has 0 saturated carbocycles. The SMILES string of the molecule is CCn1nc(C)cc1C(=O)Nc1nc2cc(C=O)cc(OCCCN3CCOCC3)c2n1C/C=C/CN1c2ncc(C(=O)NN)cc2NC1NC(=O)c1cc(C)nn1CC.CN. The molecule has 5 aromatic rings. The molecule has 1 atom stereocenters. The topological polar surface area (TPSA) is 260 Å². The number of nitrogens with two attached hydrogens (primary N) is 2. The lowest BCUT2D eigenvalue weighted by atomic mass is 10.2. The van der Waals surface area contributed by atoms with E-state index in [2.05, 4.69) is 47.2 Å². The van der Waals surface area contributed by atoms with E-state index < -0.39 is 18.1 Å². The molecule has 1 aromatic carbocycles. The average molecular weight is 854 g/mol. The fourth-order valence-electron chi connectivity index (χ4n) is 7.32. The van der Waals surface area contributed by atoms with Crippen molar-refractivity contribution in [2.75, 3.05) is 68.6 Å². The second-order valence-electron chi connectivity index (χ2n) is 14.3. The van der Waals surface area contributed by atoms with Gasteiger partial charge in [-0.2, -0.15) is 10.2 Å². The van der Waals surface area contributed by atoms with Gasteiger partial charge < -0.3 is 35.3 Å². The first kappa shape index (κ1) is 44.9. The number of benzene rings is 1. The zero-order valence-electron chi connectivity index (χ0n) is 35.7. The Balaban J connectivity index is 0.00000316. The number of amides is 3. The predicted octanol–water partition coefficient (Wildman–Crippen LogP) is 2.03. The normalized spacial score (nSPS) is 14.9. The largest absolute Gasteiger partial charge is 0.491 e. The summed E-state index contributed by atoms with van der Waals surface area (Å²) in [4.78, 5) is 65.3. The van der Waals surface area contributed by atoms with Crippen molar-refractivity contribution in [3.05, 3.63) is 82.6 Å². The Morgan fingerprint density at radius 2 is 1.61 bits per heavy atom. The first-order valence-electron chi connectivity index (χ1n) is 20.5. The molecule has 21 nitrogen and oxygen atoms in total. The molecule has 8 N–H and O–H groups in total. The number of pyridine rings is 1. The van der Waals surface area contributed by atoms with Gasteiger partial charge in [0, 0.05) is 57.6 Å². The summed E-state index contributed by atoms with van der Waals surface area (Å²) in [5.74, 6) is 5.32. The summed E-state index contributed by atoms with van der Waals surface area (Å²) in [5, 5.41) is 18.1. The molecule has 0 aliphatic carbocycles. The van der Waals surface area contributed by atoms with Crippen LogP contribution >= 0.6 is 0 Å². The Morgan fingerprint density at radius 1 is 0.935 bits per heavy atom. The van der Waals surface area contributed by atoms with Crippen molar-refractivity contribution in [2.45, 2.75) is 60.0 Å². The zero-order valence-corrected chi connectivity index (χ0v) is 35.7. The van der Waals surface area contributed by atoms with Gasteiger partial charge >= 0.3 is 0 Å². The number of imidazole rings is 1. The maximum Gasteiger partial charge on any atom is 0.276 e. The second kappa shape index (κ2) is 20.7. The van der Waals surface area contributed by atoms with Crippen LogP contribution in [0.3, 0.4) is 0 Å². The van der Waals surface area contributed by atoms with E-state index in [1.807, 2.05) is 49.3 Å². The van der Waals surface area contributed by atoms with Crippen molar-refractivity contribution in [2.24, 2.45) is 11.6 Å². The Labute approximate surface area is 358 Å². The van der Waals surface area contributed by atoms with E-state index in [0.29, 0.717) is 89.5 Å². The third-order valence-electron chi connectivity index (χ3n) is 10.2. The molecule has 4 aromatic heterocycles. The van der Waals surface area contributed by atoms with E-state index >= 15 is 0 Å². The maximum atomic E-state index is 13.7. The van der Waals surface area contributed by atoms with Crippen LogP contribution in [0.1, 0.15) is 73.3 Å². The number of nitrogen functional groups attached to an aromatic ring is 1. The van der Waals surface area contributed by atoms with Crippen LogP contribution < -0.4 is 42.6 Å². The molecule has 2 aliphatic rings. The van der Waals surface area contributed by atoms with Crippen LogP contribution in [0.15, 0.2) is 48.7 Å². The van der Waals surface area contributed by atoms with E-state index in [-0.39, 0.29) is 30.5 Å². The van der Waals surface area contributed by atoms with Crippen LogP contribution in [0.5, 0.6) is 5.75 Å². The molecule has 2 aliphatic heterocycles. The first-order chi connectivity index (χ1) is 30.1. The number of aldehydes is 1. The van der Waals surface area contributed by atoms with Crippen LogP contribution in [0.4, 0.5) is 17.5 Å². The summed E-state index contributed by atoms with van der Waals surface area (Å²) >= 11 is 0. The highest BCUT2D eigenvalue weighted by Crippen LogP contribution is 2.33. The minimum absolute atomic E-state index is 0.228. The summed E-state index contributed by atoms with van der Waals surface area (Å²) in [6.45, 7) is 13.3. The number of nitrogens with zero attached hydrogens (tertiary/aromatic N) is 9. The maximum absolute atomic E-state index is 13.7. The summed E-state index contributed by atoms with van der Waals surface area (Å²) in [5.41, 5.74) is 11.0. The number of carbonyl (C=O) groups is 4. The van der Waals surface area contributed by atoms with E-state index in [1.54, 1.807) is 39.7 Å². The number of fused-ring (bicyclic) bond motifs is 2. The number of ether oxygens (including phenoxy) is 2. The van der Waals surface area contributed by atoms with Crippen LogP contribution in [-0.4, -0.2) is 122 Å². The molecule has 330 valence electrons. The molecule has 6 heterocycles. The highest BCUT2D eigenvalue weighted by atomic mass is 16.5. The van der Waals surface area contributed by atoms with Crippen molar-refractivity contribution >= 4 is 52.5 Å². The summed E-state index contributed by atoms with van der Waals surface area (Å²) in [6.07, 6.45) is 5.95. The minimum atomic E-state index is -0.753. The third-order valence-corrected chi connectivity index (χ3v) is 10.2. The molecular formula is C41H55N15O6. The van der Waals surface area contributed by atoms with Gasteiger partial charge in [0.05, 0.1) is 48.0 Å². The average Bonchev–Trinajstić information content (AvgIpc) is 4.06. The Hall–Kier alpha value is -6.68. The van der Waals surface area contributed by atoms with Crippen molar-refractivity contribution < 1.29 is 28.7 Å². The Kier molecular flexibility index (Phi) is 15.0. The molecule has 1 saturated heterocycles. The number of hydrogen-bond donors (Lipinski definition) is 6. The van der Waals surface area contributed by atoms with Gasteiger partial charge in [-0.1, -0.05) is 12.2 Å². The lowest BCUT2D eigenvalue weighted by Crippen LogP contribution is -2.50. The second-order valence-corrected chi connectivity index (χ2v) is 14.3. The van der Waals surface area contributed by atoms with Gasteiger partial charge in [0.1, 0.15) is 28.9 Å². The molecule has 21 heteroatoms. The number of carbonyl (C=O) groups excluding carboxylic acids is 4. The highest BCUT2D eigenvalue weighted by molar-refractivity contribution is 6.03. The molecule has 0 bridgehead atoms. The van der Waals surface area contributed by atoms with Crippen molar-refractivity contribution in [3.8, 4) is 5.75 Å². The molecule has 62 heavy (non-hydrogen) atoms. The van der Waals surface area contributed by atoms with E-state index in [1.165, 1.54) is 13.2 Å². The number of rotatable bonds is 17. The first-order valence-corrected chi connectivity index (χ1v) is 20.5. The number of hydrazine groups is 1. The van der Waals surface area contributed by atoms with Gasteiger partial charge in [0.15, 0.2) is 12.1 Å². The molecule has 0 spiro atoms. The fraction of sp³-hybridized carbons (Fsp3) is 0.415. The van der Waals surface area contributed by atoms with Crippen LogP contribution in [-0.2, 0) is 24.4 Å². The van der Waals surface area contributed by atoms with Crippen molar-refractivity contribution in [1.29, 1.82) is 0 Å². The van der Waals surface area contributed by atoms with Gasteiger partial charge in [0.2, 0.25) is 5.95 Å². The molecular weight excluding hydrogens is 799 g/mol. The Morgan fingerprint density at radius 3 is 2.27 bits per heavy atom. The molecule has 3 amide bonds. The number of aromatic nitrogens is 7. The van der Waals surface area contributed by atoms with E-state index in [9.17, 15) is 19.2 Å². The molecule has 7 rings (SSSR count). The lowest BCUT2D eigenvalue weighted by Gasteiger charge is -2.26. The standard InChI is InChI=1S/C40H50N14O6.CH5N/c1-5-53-31(18-25(3)48-53)37(57)45-39-43-29-20-27(24-55)21-33(60-15-9-10-50-13-16-59-17-14-50)34(29)51(39)11-7-8-12-52-35-30(22-28(23-42-35)36(56)47-41)44-40(52)46-38(58)32-19-26(4)49-54(32)6-2;1-2/h7-8,18-24,40,44H,5-6,9-17,41H2,1-4H3,(H,46,58)(H,47,56)(H,43,45,57);2H2,1H3/b8-7+;. The van der Waals surface area contributed by atoms with Gasteiger partial charge in [0.25, 0.3) is 17.7 Å². The zero-order chi connectivity index (χ0) is 44.3. The van der Waals surface area contributed by atoms with Crippen LogP contribution in [0.25, 0.3) is 11.0 Å². The molecule has 0 radical (unpaired) electrons. The number of morpholine rings is 1. The Bertz CT molecular complexity index is 2410. The van der Waals surface area contributed by atoms with Crippen LogP contribution in [0, 0.1) is 13.8 Å². The highest BCUT2D eigenvalue weighted by Gasteiger charge is 2.32. The van der Waals surface area contributed by atoms with E-state index in [0.717, 1.165) is 32.3 Å². The fourth-order valence-corrected chi connectivity index (χ4v) is 7.32. The number of nitrogens with one attached hydrogen (secondary N) is 4. The lowest BCUT2D eigenvalue weighted by molar-refractivity contribution is 0.0358. The van der Waals surface area contributed by atoms with Crippen molar-refractivity contribution in [3.63, 3.8) is 0 Å². The summed E-state index contributed by atoms with van der Waals surface area (Å²) < 4.78 is 16.9.